The third-order valence-electron chi connectivity index (χ3n) is 4.83. The Morgan fingerprint density at radius 2 is 1.44 bits per heavy atom. The van der Waals surface area contributed by atoms with Gasteiger partial charge < -0.3 is 33.6 Å². The maximum absolute atomic E-state index is 11.9. The Morgan fingerprint density at radius 3 is 1.94 bits per heavy atom. The van der Waals surface area contributed by atoms with Crippen molar-refractivity contribution in [1.82, 2.24) is 0 Å². The van der Waals surface area contributed by atoms with Gasteiger partial charge in [0.15, 0.2) is 18.3 Å². The Kier molecular flexibility index (Phi) is 11.0. The number of thioether (sulfide) groups is 1. The van der Waals surface area contributed by atoms with E-state index in [1.807, 2.05) is 0 Å². The Labute approximate surface area is 212 Å². The molecule has 1 aromatic carbocycles. The molecule has 0 saturated carbocycles. The van der Waals surface area contributed by atoms with Crippen LogP contribution in [0, 0.1) is 0 Å². The molecule has 5 atom stereocenters. The lowest BCUT2D eigenvalue weighted by Gasteiger charge is -2.44. The zero-order valence-electron chi connectivity index (χ0n) is 20.5. The van der Waals surface area contributed by atoms with Crippen molar-refractivity contribution in [2.45, 2.75) is 64.0 Å². The highest BCUT2D eigenvalue weighted by Gasteiger charge is 2.52. The van der Waals surface area contributed by atoms with Crippen molar-refractivity contribution in [2.75, 3.05) is 13.7 Å². The molecule has 1 saturated heterocycles. The molecule has 1 heterocycles. The van der Waals surface area contributed by atoms with Crippen LogP contribution in [0.1, 0.15) is 33.3 Å². The summed E-state index contributed by atoms with van der Waals surface area (Å²) in [5.74, 6) is -2.15. The molecule has 0 bridgehead atoms. The first-order chi connectivity index (χ1) is 17.0. The molecule has 1 aliphatic heterocycles. The first-order valence-corrected chi connectivity index (χ1v) is 11.7. The molecular formula is C23H29NO11S. The molecule has 0 radical (unpaired) electrons. The third-order valence-corrected chi connectivity index (χ3v) is 5.94. The predicted molar refractivity (Wildman–Crippen MR) is 125 cm³/mol. The van der Waals surface area contributed by atoms with Crippen LogP contribution in [0.5, 0.6) is 5.75 Å². The van der Waals surface area contributed by atoms with Crippen LogP contribution < -0.4 is 4.74 Å². The monoisotopic (exact) mass is 527 g/mol. The molecule has 12 nitrogen and oxygen atoms in total. The van der Waals surface area contributed by atoms with Crippen molar-refractivity contribution >= 4 is 40.7 Å². The number of benzene rings is 1. The van der Waals surface area contributed by atoms with E-state index >= 15 is 0 Å². The summed E-state index contributed by atoms with van der Waals surface area (Å²) in [4.78, 5) is 47.1. The molecule has 0 unspecified atom stereocenters. The van der Waals surface area contributed by atoms with Gasteiger partial charge in [0.25, 0.3) is 0 Å². The largest absolute Gasteiger partial charge is 0.497 e. The summed E-state index contributed by atoms with van der Waals surface area (Å²) >= 11 is 0.907. The Morgan fingerprint density at radius 1 is 0.889 bits per heavy atom. The van der Waals surface area contributed by atoms with Gasteiger partial charge in [0.05, 0.1) is 7.11 Å². The number of carbonyl (C=O) groups excluding carboxylic acids is 4. The number of carbonyl (C=O) groups is 4. The first kappa shape index (κ1) is 28.9. The third kappa shape index (κ3) is 8.72. The second-order valence-corrected chi connectivity index (χ2v) is 8.88. The van der Waals surface area contributed by atoms with Gasteiger partial charge in [-0.15, -0.1) is 0 Å². The lowest BCUT2D eigenvalue weighted by atomic mass is 9.99. The van der Waals surface area contributed by atoms with Crippen LogP contribution in [0.4, 0.5) is 0 Å². The maximum Gasteiger partial charge on any atom is 0.303 e. The summed E-state index contributed by atoms with van der Waals surface area (Å²) in [6.07, 6.45) is -4.74. The van der Waals surface area contributed by atoms with Crippen LogP contribution in [0.15, 0.2) is 29.4 Å². The zero-order valence-corrected chi connectivity index (χ0v) is 21.3. The lowest BCUT2D eigenvalue weighted by molar-refractivity contribution is -0.237. The summed E-state index contributed by atoms with van der Waals surface area (Å²) < 4.78 is 32.4. The summed E-state index contributed by atoms with van der Waals surface area (Å²) in [5.41, 5.74) is -0.309. The highest BCUT2D eigenvalue weighted by Crippen LogP contribution is 2.35. The maximum atomic E-state index is 11.9. The van der Waals surface area contributed by atoms with Gasteiger partial charge in [-0.25, -0.2) is 0 Å². The van der Waals surface area contributed by atoms with E-state index in [2.05, 4.69) is 5.16 Å². The molecule has 0 aromatic heterocycles. The minimum Gasteiger partial charge on any atom is -0.497 e. The van der Waals surface area contributed by atoms with E-state index in [1.165, 1.54) is 14.0 Å². The molecule has 1 N–H and O–H groups in total. The van der Waals surface area contributed by atoms with Gasteiger partial charge in [0, 0.05) is 34.1 Å². The summed E-state index contributed by atoms with van der Waals surface area (Å²) in [5, 5.41) is 13.2. The van der Waals surface area contributed by atoms with E-state index in [4.69, 9.17) is 28.4 Å². The fourth-order valence-electron chi connectivity index (χ4n) is 3.44. The number of oxime groups is 1. The summed E-state index contributed by atoms with van der Waals surface area (Å²) in [6, 6.07) is 7.03. The summed E-state index contributed by atoms with van der Waals surface area (Å²) in [7, 11) is 1.54. The number of ether oxygens (including phenoxy) is 6. The second-order valence-electron chi connectivity index (χ2n) is 7.70. The van der Waals surface area contributed by atoms with Crippen LogP contribution in [-0.2, 0) is 49.3 Å². The van der Waals surface area contributed by atoms with E-state index in [1.54, 1.807) is 24.3 Å². The topological polar surface area (TPSA) is 156 Å². The van der Waals surface area contributed by atoms with Crippen LogP contribution in [0.2, 0.25) is 0 Å². The number of rotatable bonds is 9. The van der Waals surface area contributed by atoms with Crippen LogP contribution in [-0.4, -0.2) is 77.7 Å². The van der Waals surface area contributed by atoms with Gasteiger partial charge in [0.2, 0.25) is 0 Å². The van der Waals surface area contributed by atoms with E-state index in [9.17, 15) is 24.4 Å². The van der Waals surface area contributed by atoms with Crippen LogP contribution >= 0.6 is 11.8 Å². The molecule has 1 aromatic rings. The van der Waals surface area contributed by atoms with Gasteiger partial charge in [-0.2, -0.15) is 0 Å². The number of nitrogens with zero attached hydrogens (tertiary/aromatic N) is 1. The Balaban J connectivity index is 2.39. The van der Waals surface area contributed by atoms with Gasteiger partial charge in [-0.3, -0.25) is 19.2 Å². The minimum absolute atomic E-state index is 0.179. The average molecular weight is 528 g/mol. The van der Waals surface area contributed by atoms with E-state index in [0.717, 1.165) is 38.1 Å². The molecule has 36 heavy (non-hydrogen) atoms. The molecule has 0 spiro atoms. The fraction of sp³-hybridized carbons (Fsp3) is 0.522. The van der Waals surface area contributed by atoms with Crippen molar-refractivity contribution in [3.05, 3.63) is 29.8 Å². The Hall–Kier alpha value is -3.32. The molecule has 0 aliphatic carbocycles. The molecule has 0 amide bonds. The van der Waals surface area contributed by atoms with Crippen molar-refractivity contribution in [1.29, 1.82) is 0 Å². The van der Waals surface area contributed by atoms with Crippen molar-refractivity contribution in [3.63, 3.8) is 0 Å². The Bertz CT molecular complexity index is 965. The molecule has 198 valence electrons. The molecule has 1 fully saturated rings. The number of methoxy groups -OCH3 is 1. The highest BCUT2D eigenvalue weighted by molar-refractivity contribution is 8.14. The van der Waals surface area contributed by atoms with Crippen LogP contribution in [0.3, 0.4) is 0 Å². The predicted octanol–water partition coefficient (Wildman–Crippen LogP) is 1.84. The minimum atomic E-state index is -1.30. The lowest BCUT2D eigenvalue weighted by Crippen LogP contribution is -2.61. The van der Waals surface area contributed by atoms with Crippen molar-refractivity contribution < 1.29 is 52.8 Å². The molecule has 1 aliphatic rings. The highest BCUT2D eigenvalue weighted by atomic mass is 32.2. The SMILES string of the molecule is COc1ccc(C/C(=N\O)S[C@@H]2O[C@H](COC(C)=O)[C@@H](OC(C)=O)[C@H](OC(C)=O)[C@H]2OC(C)=O)cc1. The van der Waals surface area contributed by atoms with E-state index < -0.39 is 53.7 Å². The average Bonchev–Trinajstić information content (AvgIpc) is 2.80. The van der Waals surface area contributed by atoms with Gasteiger partial charge in [-0.05, 0) is 17.7 Å². The normalized spacial score (nSPS) is 23.8. The number of esters is 4. The van der Waals surface area contributed by atoms with Gasteiger partial charge >= 0.3 is 23.9 Å². The van der Waals surface area contributed by atoms with E-state index in [0.29, 0.717) is 5.75 Å². The van der Waals surface area contributed by atoms with Crippen molar-refractivity contribution in [3.8, 4) is 5.75 Å². The number of hydrogen-bond acceptors (Lipinski definition) is 13. The molecule has 13 heteroatoms. The van der Waals surface area contributed by atoms with Gasteiger partial charge in [-0.1, -0.05) is 29.1 Å². The summed E-state index contributed by atoms with van der Waals surface area (Å²) in [6.45, 7) is 4.27. The molecular weight excluding hydrogens is 498 g/mol. The smallest absolute Gasteiger partial charge is 0.303 e. The quantitative estimate of drug-likeness (QED) is 0.124. The first-order valence-electron chi connectivity index (χ1n) is 10.8. The zero-order chi connectivity index (χ0) is 26.8. The number of hydrogen-bond donors (Lipinski definition) is 1. The fourth-order valence-corrected chi connectivity index (χ4v) is 4.54. The van der Waals surface area contributed by atoms with Crippen LogP contribution in [0.25, 0.3) is 0 Å². The second kappa shape index (κ2) is 13.7. The van der Waals surface area contributed by atoms with Gasteiger partial charge in [0.1, 0.15) is 28.9 Å². The van der Waals surface area contributed by atoms with Crippen molar-refractivity contribution in [2.24, 2.45) is 5.16 Å². The van der Waals surface area contributed by atoms with E-state index in [-0.39, 0.29) is 18.1 Å². The standard InChI is InChI=1S/C23H29NO11S/c1-12(25)31-11-18-20(32-13(2)26)21(33-14(3)27)22(34-15(4)28)23(35-18)36-19(24-29)10-16-6-8-17(30-5)9-7-16/h6-9,18,20-23,29H,10-11H2,1-5H3/b24-19+/t18-,20-,21+,22-,23+/m1/s1. The molecule has 2 rings (SSSR count).